The number of nitrogens with zero attached hydrogens (tertiary/aromatic N) is 1. The second-order valence-electron chi connectivity index (χ2n) is 6.92. The zero-order valence-corrected chi connectivity index (χ0v) is 19.2. The number of morpholine rings is 1. The van der Waals surface area contributed by atoms with Crippen LogP contribution in [-0.4, -0.2) is 58.1 Å². The van der Waals surface area contributed by atoms with Crippen molar-refractivity contribution in [3.63, 3.8) is 0 Å². The molecule has 10 heteroatoms. The lowest BCUT2D eigenvalue weighted by atomic mass is 10.1. The van der Waals surface area contributed by atoms with Crippen molar-refractivity contribution in [1.29, 1.82) is 0 Å². The van der Waals surface area contributed by atoms with Gasteiger partial charge in [-0.15, -0.1) is 0 Å². The van der Waals surface area contributed by atoms with Crippen molar-refractivity contribution in [1.82, 2.24) is 9.62 Å². The Balaban J connectivity index is 1.40. The molecule has 0 aliphatic carbocycles. The van der Waals surface area contributed by atoms with Crippen LogP contribution in [0.1, 0.15) is 12.0 Å². The topological polar surface area (TPSA) is 84.9 Å². The maximum atomic E-state index is 12.6. The molecule has 1 amide bonds. The minimum atomic E-state index is -3.53. The molecule has 0 bridgehead atoms. The van der Waals surface area contributed by atoms with Gasteiger partial charge in [0, 0.05) is 29.6 Å². The Bertz CT molecular complexity index is 993. The molecule has 1 saturated heterocycles. The molecule has 1 aliphatic heterocycles. The van der Waals surface area contributed by atoms with Crippen LogP contribution < -0.4 is 10.1 Å². The van der Waals surface area contributed by atoms with Gasteiger partial charge in [-0.3, -0.25) is 4.79 Å². The third-order valence-electron chi connectivity index (χ3n) is 4.76. The van der Waals surface area contributed by atoms with Gasteiger partial charge in [0.1, 0.15) is 12.4 Å². The largest absolute Gasteiger partial charge is 0.492 e. The van der Waals surface area contributed by atoms with E-state index in [1.165, 1.54) is 16.4 Å². The van der Waals surface area contributed by atoms with Crippen LogP contribution in [0.25, 0.3) is 0 Å². The molecule has 2 aromatic carbocycles. The first-order chi connectivity index (χ1) is 14.9. The molecule has 2 aromatic rings. The molecule has 0 saturated carbocycles. The van der Waals surface area contributed by atoms with E-state index in [4.69, 9.17) is 32.7 Å². The Labute approximate surface area is 192 Å². The lowest BCUT2D eigenvalue weighted by Gasteiger charge is -2.26. The number of hydrogen-bond donors (Lipinski definition) is 1. The second kappa shape index (κ2) is 11.2. The molecular formula is C21H24Cl2N2O5S. The molecule has 31 heavy (non-hydrogen) atoms. The summed E-state index contributed by atoms with van der Waals surface area (Å²) in [5.41, 5.74) is 0.865. The summed E-state index contributed by atoms with van der Waals surface area (Å²) in [6.07, 6.45) is 0.817. The number of amides is 1. The van der Waals surface area contributed by atoms with Gasteiger partial charge in [0.05, 0.1) is 24.7 Å². The van der Waals surface area contributed by atoms with E-state index in [1.54, 1.807) is 24.3 Å². The first-order valence-corrected chi connectivity index (χ1v) is 12.1. The molecule has 0 radical (unpaired) electrons. The smallest absolute Gasteiger partial charge is 0.243 e. The number of nitrogens with one attached hydrogen (secondary N) is 1. The molecule has 1 fully saturated rings. The monoisotopic (exact) mass is 486 g/mol. The summed E-state index contributed by atoms with van der Waals surface area (Å²) >= 11 is 12.0. The van der Waals surface area contributed by atoms with E-state index in [-0.39, 0.29) is 17.4 Å². The van der Waals surface area contributed by atoms with Gasteiger partial charge in [-0.1, -0.05) is 29.3 Å². The maximum absolute atomic E-state index is 12.6. The highest BCUT2D eigenvalue weighted by Gasteiger charge is 2.26. The molecule has 7 nitrogen and oxygen atoms in total. The molecule has 1 N–H and O–H groups in total. The Morgan fingerprint density at radius 3 is 2.48 bits per heavy atom. The van der Waals surface area contributed by atoms with Gasteiger partial charge < -0.3 is 14.8 Å². The Morgan fingerprint density at radius 2 is 1.81 bits per heavy atom. The molecular weight excluding hydrogens is 463 g/mol. The maximum Gasteiger partial charge on any atom is 0.243 e. The summed E-state index contributed by atoms with van der Waals surface area (Å²) in [5, 5.41) is 3.89. The Hall–Kier alpha value is -1.84. The first-order valence-electron chi connectivity index (χ1n) is 9.87. The normalized spacial score (nSPS) is 14.9. The molecule has 1 heterocycles. The molecule has 3 rings (SSSR count). The number of hydrogen-bond acceptors (Lipinski definition) is 5. The summed E-state index contributed by atoms with van der Waals surface area (Å²) in [4.78, 5) is 12.2. The fourth-order valence-electron chi connectivity index (χ4n) is 3.06. The summed E-state index contributed by atoms with van der Waals surface area (Å²) in [6.45, 7) is 2.11. The quantitative estimate of drug-likeness (QED) is 0.550. The minimum Gasteiger partial charge on any atom is -0.492 e. The number of aryl methyl sites for hydroxylation is 1. The molecule has 0 unspecified atom stereocenters. The van der Waals surface area contributed by atoms with Gasteiger partial charge in [-0.05, 0) is 48.4 Å². The van der Waals surface area contributed by atoms with Crippen LogP contribution in [0.3, 0.4) is 0 Å². The van der Waals surface area contributed by atoms with Crippen molar-refractivity contribution in [3.8, 4) is 5.75 Å². The number of carbonyl (C=O) groups is 1. The van der Waals surface area contributed by atoms with Crippen LogP contribution in [0.15, 0.2) is 47.4 Å². The third-order valence-corrected chi connectivity index (χ3v) is 7.26. The standard InChI is InChI=1S/C21H24Cl2N2O5S/c22-17-3-1-16(20(23)15-17)2-8-21(26)24-9-12-30-18-4-6-19(7-5-18)31(27,28)25-10-13-29-14-11-25/h1,3-7,15H,2,8-14H2,(H,24,26). The van der Waals surface area contributed by atoms with E-state index in [2.05, 4.69) is 5.32 Å². The highest BCUT2D eigenvalue weighted by atomic mass is 35.5. The van der Waals surface area contributed by atoms with Crippen molar-refractivity contribution in [3.05, 3.63) is 58.1 Å². The summed E-state index contributed by atoms with van der Waals surface area (Å²) < 4.78 is 37.4. The SMILES string of the molecule is O=C(CCc1ccc(Cl)cc1Cl)NCCOc1ccc(S(=O)(=O)N2CCOCC2)cc1. The summed E-state index contributed by atoms with van der Waals surface area (Å²) in [7, 11) is -3.53. The second-order valence-corrected chi connectivity index (χ2v) is 9.70. The predicted molar refractivity (Wildman–Crippen MR) is 119 cm³/mol. The third kappa shape index (κ3) is 6.82. The highest BCUT2D eigenvalue weighted by molar-refractivity contribution is 7.89. The Morgan fingerprint density at radius 1 is 1.10 bits per heavy atom. The molecule has 0 spiro atoms. The first kappa shape index (κ1) is 23.8. The van der Waals surface area contributed by atoms with Crippen molar-refractivity contribution in [2.45, 2.75) is 17.7 Å². The number of carbonyl (C=O) groups excluding carboxylic acids is 1. The van der Waals surface area contributed by atoms with Crippen LogP contribution in [-0.2, 0) is 26.0 Å². The van der Waals surface area contributed by atoms with E-state index in [1.807, 2.05) is 6.07 Å². The molecule has 168 valence electrons. The number of sulfonamides is 1. The molecule has 0 atom stereocenters. The number of ether oxygens (including phenoxy) is 2. The van der Waals surface area contributed by atoms with E-state index < -0.39 is 10.0 Å². The van der Waals surface area contributed by atoms with Gasteiger partial charge in [0.25, 0.3) is 0 Å². The van der Waals surface area contributed by atoms with Crippen LogP contribution in [0, 0.1) is 0 Å². The fourth-order valence-corrected chi connectivity index (χ4v) is 4.98. The van der Waals surface area contributed by atoms with Gasteiger partial charge >= 0.3 is 0 Å². The molecule has 1 aliphatic rings. The van der Waals surface area contributed by atoms with Gasteiger partial charge in [-0.2, -0.15) is 4.31 Å². The van der Waals surface area contributed by atoms with Crippen LogP contribution in [0.5, 0.6) is 5.75 Å². The van der Waals surface area contributed by atoms with Crippen molar-refractivity contribution >= 4 is 39.1 Å². The lowest BCUT2D eigenvalue weighted by molar-refractivity contribution is -0.121. The fraction of sp³-hybridized carbons (Fsp3) is 0.381. The average Bonchev–Trinajstić information content (AvgIpc) is 2.77. The summed E-state index contributed by atoms with van der Waals surface area (Å²) in [5.74, 6) is 0.421. The number of benzene rings is 2. The Kier molecular flexibility index (Phi) is 8.57. The van der Waals surface area contributed by atoms with E-state index >= 15 is 0 Å². The van der Waals surface area contributed by atoms with Crippen LogP contribution in [0.4, 0.5) is 0 Å². The highest BCUT2D eigenvalue weighted by Crippen LogP contribution is 2.22. The molecule has 0 aromatic heterocycles. The zero-order chi connectivity index (χ0) is 22.3. The van der Waals surface area contributed by atoms with E-state index in [0.29, 0.717) is 61.5 Å². The van der Waals surface area contributed by atoms with Crippen LogP contribution >= 0.6 is 23.2 Å². The number of rotatable bonds is 9. The van der Waals surface area contributed by atoms with Crippen molar-refractivity contribution in [2.24, 2.45) is 0 Å². The van der Waals surface area contributed by atoms with Gasteiger partial charge in [0.15, 0.2) is 0 Å². The van der Waals surface area contributed by atoms with Crippen molar-refractivity contribution in [2.75, 3.05) is 39.5 Å². The van der Waals surface area contributed by atoms with Gasteiger partial charge in [-0.25, -0.2) is 8.42 Å². The van der Waals surface area contributed by atoms with Crippen LogP contribution in [0.2, 0.25) is 10.0 Å². The predicted octanol–water partition coefficient (Wildman–Crippen LogP) is 3.14. The van der Waals surface area contributed by atoms with E-state index in [9.17, 15) is 13.2 Å². The summed E-state index contributed by atoms with van der Waals surface area (Å²) in [6, 6.07) is 11.5. The van der Waals surface area contributed by atoms with E-state index in [0.717, 1.165) is 5.56 Å². The zero-order valence-electron chi connectivity index (χ0n) is 16.9. The van der Waals surface area contributed by atoms with Crippen molar-refractivity contribution < 1.29 is 22.7 Å². The minimum absolute atomic E-state index is 0.110. The number of halogens is 2. The average molecular weight is 487 g/mol. The van der Waals surface area contributed by atoms with Gasteiger partial charge in [0.2, 0.25) is 15.9 Å². The lowest BCUT2D eigenvalue weighted by Crippen LogP contribution is -2.40.